The SMILES string of the molecule is NCCCC(=O)Nc1ccc(SC(F)(F)F)cc1. The minimum absolute atomic E-state index is 0.0856. The number of rotatable bonds is 5. The van der Waals surface area contributed by atoms with E-state index in [0.717, 1.165) is 0 Å². The zero-order valence-corrected chi connectivity index (χ0v) is 10.3. The van der Waals surface area contributed by atoms with Gasteiger partial charge in [-0.1, -0.05) is 0 Å². The van der Waals surface area contributed by atoms with Gasteiger partial charge in [-0.2, -0.15) is 13.2 Å². The van der Waals surface area contributed by atoms with Crippen molar-refractivity contribution in [1.29, 1.82) is 0 Å². The smallest absolute Gasteiger partial charge is 0.330 e. The fourth-order valence-electron chi connectivity index (χ4n) is 1.23. The van der Waals surface area contributed by atoms with Crippen molar-refractivity contribution in [3.8, 4) is 0 Å². The van der Waals surface area contributed by atoms with Crippen molar-refractivity contribution >= 4 is 23.4 Å². The Kier molecular flexibility index (Phi) is 5.49. The highest BCUT2D eigenvalue weighted by Crippen LogP contribution is 2.36. The fourth-order valence-corrected chi connectivity index (χ4v) is 1.77. The van der Waals surface area contributed by atoms with Gasteiger partial charge in [0.2, 0.25) is 5.91 Å². The van der Waals surface area contributed by atoms with Crippen molar-refractivity contribution in [2.24, 2.45) is 5.73 Å². The lowest BCUT2D eigenvalue weighted by atomic mass is 10.2. The molecular weight excluding hydrogens is 265 g/mol. The first kappa shape index (κ1) is 14.8. The normalized spacial score (nSPS) is 11.3. The third-order valence-electron chi connectivity index (χ3n) is 1.98. The van der Waals surface area contributed by atoms with Crippen molar-refractivity contribution in [3.05, 3.63) is 24.3 Å². The molecule has 0 heterocycles. The molecule has 18 heavy (non-hydrogen) atoms. The standard InChI is InChI=1S/C11H13F3N2OS/c12-11(13,14)18-9-5-3-8(4-6-9)16-10(17)2-1-7-15/h3-6H,1-2,7,15H2,(H,16,17). The van der Waals surface area contributed by atoms with Crippen molar-refractivity contribution in [3.63, 3.8) is 0 Å². The summed E-state index contributed by atoms with van der Waals surface area (Å²) in [5.41, 5.74) is 1.44. The third-order valence-corrected chi connectivity index (χ3v) is 2.72. The lowest BCUT2D eigenvalue weighted by Gasteiger charge is -2.07. The summed E-state index contributed by atoms with van der Waals surface area (Å²) in [5, 5.41) is 2.58. The second kappa shape index (κ2) is 6.65. The quantitative estimate of drug-likeness (QED) is 0.814. The molecule has 1 aromatic carbocycles. The Hall–Kier alpha value is -1.21. The topological polar surface area (TPSA) is 55.1 Å². The Bertz CT molecular complexity index is 392. The number of anilines is 1. The number of thioether (sulfide) groups is 1. The Morgan fingerprint density at radius 1 is 1.28 bits per heavy atom. The molecule has 0 atom stereocenters. The molecule has 0 radical (unpaired) electrons. The Morgan fingerprint density at radius 2 is 1.89 bits per heavy atom. The molecule has 1 amide bonds. The van der Waals surface area contributed by atoms with Gasteiger partial charge in [0.25, 0.3) is 0 Å². The average Bonchev–Trinajstić information content (AvgIpc) is 2.27. The van der Waals surface area contributed by atoms with Crippen LogP contribution in [0.4, 0.5) is 18.9 Å². The predicted molar refractivity (Wildman–Crippen MR) is 65.3 cm³/mol. The van der Waals surface area contributed by atoms with Gasteiger partial charge in [0, 0.05) is 17.0 Å². The fraction of sp³-hybridized carbons (Fsp3) is 0.364. The molecule has 0 aliphatic heterocycles. The molecule has 1 aromatic rings. The van der Waals surface area contributed by atoms with E-state index in [9.17, 15) is 18.0 Å². The van der Waals surface area contributed by atoms with Gasteiger partial charge < -0.3 is 11.1 Å². The molecule has 0 saturated heterocycles. The van der Waals surface area contributed by atoms with Crippen molar-refractivity contribution in [2.75, 3.05) is 11.9 Å². The zero-order chi connectivity index (χ0) is 13.6. The lowest BCUT2D eigenvalue weighted by Crippen LogP contribution is -2.13. The molecule has 0 aliphatic carbocycles. The summed E-state index contributed by atoms with van der Waals surface area (Å²) in [4.78, 5) is 11.4. The van der Waals surface area contributed by atoms with E-state index < -0.39 is 5.51 Å². The van der Waals surface area contributed by atoms with Crippen LogP contribution in [-0.4, -0.2) is 18.0 Å². The molecule has 0 fully saturated rings. The zero-order valence-electron chi connectivity index (χ0n) is 9.46. The van der Waals surface area contributed by atoms with E-state index in [4.69, 9.17) is 5.73 Å². The average molecular weight is 278 g/mol. The number of amides is 1. The maximum atomic E-state index is 12.1. The van der Waals surface area contributed by atoms with Gasteiger partial charge in [0.1, 0.15) is 0 Å². The molecule has 0 aliphatic rings. The molecule has 0 unspecified atom stereocenters. The summed E-state index contributed by atoms with van der Waals surface area (Å²) in [5.74, 6) is -0.198. The highest BCUT2D eigenvalue weighted by atomic mass is 32.2. The van der Waals surface area contributed by atoms with Gasteiger partial charge in [-0.15, -0.1) is 0 Å². The van der Waals surface area contributed by atoms with Crippen LogP contribution in [0, 0.1) is 0 Å². The first-order valence-electron chi connectivity index (χ1n) is 5.26. The molecule has 1 rings (SSSR count). The maximum absolute atomic E-state index is 12.1. The summed E-state index contributed by atoms with van der Waals surface area (Å²) < 4.78 is 36.2. The minimum atomic E-state index is -4.30. The number of nitrogens with two attached hydrogens (primary N) is 1. The molecule has 0 aromatic heterocycles. The number of hydrogen-bond donors (Lipinski definition) is 2. The number of nitrogens with one attached hydrogen (secondary N) is 1. The monoisotopic (exact) mass is 278 g/mol. The van der Waals surface area contributed by atoms with Gasteiger partial charge in [0.15, 0.2) is 0 Å². The van der Waals surface area contributed by atoms with E-state index in [-0.39, 0.29) is 22.6 Å². The van der Waals surface area contributed by atoms with Crippen LogP contribution in [0.1, 0.15) is 12.8 Å². The van der Waals surface area contributed by atoms with E-state index in [0.29, 0.717) is 25.1 Å². The number of carbonyl (C=O) groups is 1. The van der Waals surface area contributed by atoms with E-state index in [1.54, 1.807) is 0 Å². The van der Waals surface area contributed by atoms with E-state index in [1.807, 2.05) is 0 Å². The predicted octanol–water partition coefficient (Wildman–Crippen LogP) is 2.98. The Morgan fingerprint density at radius 3 is 2.39 bits per heavy atom. The Labute approximate surface area is 107 Å². The van der Waals surface area contributed by atoms with Crippen LogP contribution in [-0.2, 0) is 4.79 Å². The molecule has 0 saturated carbocycles. The van der Waals surface area contributed by atoms with Crippen LogP contribution in [0.5, 0.6) is 0 Å². The lowest BCUT2D eigenvalue weighted by molar-refractivity contribution is -0.116. The second-order valence-electron chi connectivity index (χ2n) is 3.51. The van der Waals surface area contributed by atoms with Gasteiger partial charge in [-0.3, -0.25) is 4.79 Å². The van der Waals surface area contributed by atoms with Crippen LogP contribution in [0.25, 0.3) is 0 Å². The summed E-state index contributed by atoms with van der Waals surface area (Å²) in [6, 6.07) is 5.51. The largest absolute Gasteiger partial charge is 0.446 e. The maximum Gasteiger partial charge on any atom is 0.446 e. The molecular formula is C11H13F3N2OS. The molecule has 7 heteroatoms. The van der Waals surface area contributed by atoms with Crippen LogP contribution < -0.4 is 11.1 Å². The number of alkyl halides is 3. The first-order chi connectivity index (χ1) is 8.40. The Balaban J connectivity index is 2.52. The molecule has 3 nitrogen and oxygen atoms in total. The highest BCUT2D eigenvalue weighted by Gasteiger charge is 2.28. The van der Waals surface area contributed by atoms with Crippen LogP contribution in [0.15, 0.2) is 29.2 Å². The number of hydrogen-bond acceptors (Lipinski definition) is 3. The van der Waals surface area contributed by atoms with E-state index in [1.165, 1.54) is 24.3 Å². The van der Waals surface area contributed by atoms with Gasteiger partial charge in [-0.05, 0) is 49.0 Å². The van der Waals surface area contributed by atoms with Crippen molar-refractivity contribution < 1.29 is 18.0 Å². The highest BCUT2D eigenvalue weighted by molar-refractivity contribution is 8.00. The summed E-state index contributed by atoms with van der Waals surface area (Å²) in [7, 11) is 0. The van der Waals surface area contributed by atoms with Crippen LogP contribution in [0.3, 0.4) is 0 Å². The van der Waals surface area contributed by atoms with Gasteiger partial charge in [-0.25, -0.2) is 0 Å². The second-order valence-corrected chi connectivity index (χ2v) is 4.65. The first-order valence-corrected chi connectivity index (χ1v) is 6.08. The summed E-state index contributed by atoms with van der Waals surface area (Å²) in [6.07, 6.45) is 0.878. The van der Waals surface area contributed by atoms with E-state index >= 15 is 0 Å². The van der Waals surface area contributed by atoms with Crippen LogP contribution >= 0.6 is 11.8 Å². The number of benzene rings is 1. The molecule has 0 bridgehead atoms. The van der Waals surface area contributed by atoms with Gasteiger partial charge in [0.05, 0.1) is 0 Å². The van der Waals surface area contributed by atoms with Crippen LogP contribution in [0.2, 0.25) is 0 Å². The minimum Gasteiger partial charge on any atom is -0.330 e. The van der Waals surface area contributed by atoms with Gasteiger partial charge >= 0.3 is 5.51 Å². The van der Waals surface area contributed by atoms with Crippen molar-refractivity contribution in [1.82, 2.24) is 0 Å². The third kappa shape index (κ3) is 5.92. The van der Waals surface area contributed by atoms with Crippen molar-refractivity contribution in [2.45, 2.75) is 23.2 Å². The van der Waals surface area contributed by atoms with E-state index in [2.05, 4.69) is 5.32 Å². The molecule has 3 N–H and O–H groups in total. The summed E-state index contributed by atoms with van der Waals surface area (Å²) >= 11 is -0.187. The summed E-state index contributed by atoms with van der Waals surface area (Å²) in [6.45, 7) is 0.425. The number of carbonyl (C=O) groups excluding carboxylic acids is 1. The molecule has 0 spiro atoms. The molecule has 100 valence electrons. The number of halogens is 3.